The summed E-state index contributed by atoms with van der Waals surface area (Å²) in [6.45, 7) is 7.33. The molecule has 1 heterocycles. The summed E-state index contributed by atoms with van der Waals surface area (Å²) in [4.78, 5) is 2.35. The van der Waals surface area contributed by atoms with Crippen LogP contribution >= 0.6 is 0 Å². The summed E-state index contributed by atoms with van der Waals surface area (Å²) in [6, 6.07) is 14.8. The van der Waals surface area contributed by atoms with Crippen molar-refractivity contribution in [3.05, 3.63) is 48.0 Å². The van der Waals surface area contributed by atoms with Crippen LogP contribution in [-0.4, -0.2) is 34.2 Å². The predicted octanol–water partition coefficient (Wildman–Crippen LogP) is 4.10. The Morgan fingerprint density at radius 3 is 2.43 bits per heavy atom. The molecule has 1 aromatic heterocycles. The van der Waals surface area contributed by atoms with E-state index in [9.17, 15) is 5.11 Å². The van der Waals surface area contributed by atoms with Gasteiger partial charge in [0.05, 0.1) is 6.10 Å². The summed E-state index contributed by atoms with van der Waals surface area (Å²) in [5.41, 5.74) is 3.43. The van der Waals surface area contributed by atoms with E-state index in [0.29, 0.717) is 0 Å². The van der Waals surface area contributed by atoms with Gasteiger partial charge < -0.3 is 14.6 Å². The molecule has 3 rings (SSSR count). The largest absolute Gasteiger partial charge is 0.388 e. The van der Waals surface area contributed by atoms with Crippen molar-refractivity contribution in [2.24, 2.45) is 7.05 Å². The maximum atomic E-state index is 10.5. The van der Waals surface area contributed by atoms with Crippen molar-refractivity contribution in [3.8, 4) is 0 Å². The second kappa shape index (κ2) is 6.73. The second-order valence-corrected chi connectivity index (χ2v) is 6.18. The lowest BCUT2D eigenvalue weighted by atomic mass is 10.0. The summed E-state index contributed by atoms with van der Waals surface area (Å²) < 4.78 is 2.21. The molecule has 1 N–H and O–H groups in total. The average Bonchev–Trinajstić information content (AvgIpc) is 2.88. The molecule has 0 fully saturated rings. The van der Waals surface area contributed by atoms with Crippen molar-refractivity contribution in [1.82, 2.24) is 9.47 Å². The lowest BCUT2D eigenvalue weighted by Gasteiger charge is -2.20. The summed E-state index contributed by atoms with van der Waals surface area (Å²) in [5, 5.41) is 13.1. The van der Waals surface area contributed by atoms with Gasteiger partial charge >= 0.3 is 0 Å². The van der Waals surface area contributed by atoms with Crippen LogP contribution in [0, 0.1) is 0 Å². The molecule has 3 nitrogen and oxygen atoms in total. The first-order chi connectivity index (χ1) is 11.2. The van der Waals surface area contributed by atoms with Crippen LogP contribution in [0.25, 0.3) is 21.8 Å². The number of hydrogen-bond acceptors (Lipinski definition) is 2. The van der Waals surface area contributed by atoms with E-state index in [4.69, 9.17) is 0 Å². The topological polar surface area (TPSA) is 28.4 Å². The number of aliphatic hydroxyl groups excluding tert-OH is 1. The zero-order valence-electron chi connectivity index (χ0n) is 14.3. The summed E-state index contributed by atoms with van der Waals surface area (Å²) in [5.74, 6) is 0. The fourth-order valence-corrected chi connectivity index (χ4v) is 3.40. The van der Waals surface area contributed by atoms with Crippen molar-refractivity contribution < 1.29 is 5.11 Å². The molecule has 0 aliphatic heterocycles. The van der Waals surface area contributed by atoms with Crippen LogP contribution in [0.3, 0.4) is 0 Å². The van der Waals surface area contributed by atoms with Gasteiger partial charge in [-0.3, -0.25) is 0 Å². The van der Waals surface area contributed by atoms with Gasteiger partial charge in [-0.05, 0) is 37.2 Å². The molecule has 1 unspecified atom stereocenters. The van der Waals surface area contributed by atoms with Gasteiger partial charge in [0, 0.05) is 35.4 Å². The third kappa shape index (κ3) is 2.99. The molecular formula is C20H26N2O. The average molecular weight is 310 g/mol. The molecule has 0 aliphatic rings. The number of benzene rings is 2. The van der Waals surface area contributed by atoms with E-state index in [1.165, 1.54) is 21.8 Å². The van der Waals surface area contributed by atoms with Gasteiger partial charge in [-0.25, -0.2) is 0 Å². The van der Waals surface area contributed by atoms with Gasteiger partial charge in [0.15, 0.2) is 0 Å². The number of aromatic nitrogens is 1. The first kappa shape index (κ1) is 16.0. The Labute approximate surface area is 138 Å². The highest BCUT2D eigenvalue weighted by atomic mass is 16.3. The second-order valence-electron chi connectivity index (χ2n) is 6.18. The molecule has 23 heavy (non-hydrogen) atoms. The minimum atomic E-state index is -0.405. The maximum absolute atomic E-state index is 10.5. The molecule has 3 heteroatoms. The first-order valence-corrected chi connectivity index (χ1v) is 8.53. The van der Waals surface area contributed by atoms with Crippen LogP contribution < -0.4 is 0 Å². The van der Waals surface area contributed by atoms with E-state index in [1.807, 2.05) is 0 Å². The van der Waals surface area contributed by atoms with Gasteiger partial charge in [0.1, 0.15) is 0 Å². The monoisotopic (exact) mass is 310 g/mol. The Bertz CT molecular complexity index is 802. The van der Waals surface area contributed by atoms with Gasteiger partial charge in [-0.15, -0.1) is 0 Å². The van der Waals surface area contributed by atoms with Crippen LogP contribution in [0.15, 0.2) is 42.5 Å². The van der Waals surface area contributed by atoms with E-state index < -0.39 is 6.10 Å². The van der Waals surface area contributed by atoms with Crippen molar-refractivity contribution >= 4 is 21.8 Å². The van der Waals surface area contributed by atoms with Crippen molar-refractivity contribution in [2.45, 2.75) is 26.4 Å². The molecule has 1 atom stereocenters. The standard InChI is InChI=1S/C20H26N2O/c1-4-22(5-2)13-12-20(23)15-10-11-17-16-8-6-7-9-18(16)21(3)19(17)14-15/h6-11,14,20,23H,4-5,12-13H2,1-3H3. The summed E-state index contributed by atoms with van der Waals surface area (Å²) in [7, 11) is 2.09. The van der Waals surface area contributed by atoms with Crippen LogP contribution in [0.4, 0.5) is 0 Å². The van der Waals surface area contributed by atoms with Crippen molar-refractivity contribution in [1.29, 1.82) is 0 Å². The van der Waals surface area contributed by atoms with E-state index in [2.05, 4.69) is 72.8 Å². The van der Waals surface area contributed by atoms with Crippen LogP contribution in [0.1, 0.15) is 31.9 Å². The van der Waals surface area contributed by atoms with Gasteiger partial charge in [-0.2, -0.15) is 0 Å². The van der Waals surface area contributed by atoms with Gasteiger partial charge in [0.2, 0.25) is 0 Å². The number of hydrogen-bond donors (Lipinski definition) is 1. The summed E-state index contributed by atoms with van der Waals surface area (Å²) in [6.07, 6.45) is 0.370. The quantitative estimate of drug-likeness (QED) is 0.742. The van der Waals surface area contributed by atoms with Gasteiger partial charge in [-0.1, -0.05) is 44.2 Å². The Kier molecular flexibility index (Phi) is 4.69. The molecule has 0 spiro atoms. The zero-order valence-corrected chi connectivity index (χ0v) is 14.3. The number of para-hydroxylation sites is 1. The highest BCUT2D eigenvalue weighted by Crippen LogP contribution is 2.30. The normalized spacial score (nSPS) is 13.3. The number of aryl methyl sites for hydroxylation is 1. The number of aliphatic hydroxyl groups is 1. The molecule has 0 saturated heterocycles. The van der Waals surface area contributed by atoms with Crippen molar-refractivity contribution in [3.63, 3.8) is 0 Å². The van der Waals surface area contributed by atoms with Crippen LogP contribution in [0.2, 0.25) is 0 Å². The fourth-order valence-electron chi connectivity index (χ4n) is 3.40. The third-order valence-corrected chi connectivity index (χ3v) is 4.94. The van der Waals surface area contributed by atoms with E-state index in [1.54, 1.807) is 0 Å². The minimum absolute atomic E-state index is 0.405. The first-order valence-electron chi connectivity index (χ1n) is 8.53. The Morgan fingerprint density at radius 1 is 1.00 bits per heavy atom. The summed E-state index contributed by atoms with van der Waals surface area (Å²) >= 11 is 0. The molecular weight excluding hydrogens is 284 g/mol. The number of fused-ring (bicyclic) bond motifs is 3. The molecule has 0 bridgehead atoms. The molecule has 122 valence electrons. The SMILES string of the molecule is CCN(CC)CCC(O)c1ccc2c3ccccc3n(C)c2c1. The molecule has 0 radical (unpaired) electrons. The molecule has 2 aromatic carbocycles. The van der Waals surface area contributed by atoms with Gasteiger partial charge in [0.25, 0.3) is 0 Å². The fraction of sp³-hybridized carbons (Fsp3) is 0.400. The van der Waals surface area contributed by atoms with E-state index >= 15 is 0 Å². The lowest BCUT2D eigenvalue weighted by molar-refractivity contribution is 0.145. The lowest BCUT2D eigenvalue weighted by Crippen LogP contribution is -2.25. The molecule has 0 aliphatic carbocycles. The highest BCUT2D eigenvalue weighted by Gasteiger charge is 2.13. The molecule has 0 saturated carbocycles. The Balaban J connectivity index is 1.91. The highest BCUT2D eigenvalue weighted by molar-refractivity contribution is 6.08. The Hall–Kier alpha value is -1.84. The number of rotatable bonds is 6. The van der Waals surface area contributed by atoms with Crippen molar-refractivity contribution in [2.75, 3.05) is 19.6 Å². The number of nitrogens with zero attached hydrogens (tertiary/aromatic N) is 2. The molecule has 0 amide bonds. The van der Waals surface area contributed by atoms with E-state index in [0.717, 1.165) is 31.6 Å². The molecule has 3 aromatic rings. The Morgan fingerprint density at radius 2 is 1.70 bits per heavy atom. The zero-order chi connectivity index (χ0) is 16.4. The third-order valence-electron chi connectivity index (χ3n) is 4.94. The maximum Gasteiger partial charge on any atom is 0.0803 e. The van der Waals surface area contributed by atoms with Crippen LogP contribution in [-0.2, 0) is 7.05 Å². The van der Waals surface area contributed by atoms with E-state index in [-0.39, 0.29) is 0 Å². The smallest absolute Gasteiger partial charge is 0.0803 e. The minimum Gasteiger partial charge on any atom is -0.388 e. The van der Waals surface area contributed by atoms with Crippen LogP contribution in [0.5, 0.6) is 0 Å². The predicted molar refractivity (Wildman–Crippen MR) is 97.8 cm³/mol.